The Morgan fingerprint density at radius 1 is 1.29 bits per heavy atom. The van der Waals surface area contributed by atoms with Crippen molar-refractivity contribution in [2.75, 3.05) is 30.4 Å². The maximum absolute atomic E-state index is 12.5. The molecule has 0 N–H and O–H groups in total. The third-order valence-electron chi connectivity index (χ3n) is 4.02. The summed E-state index contributed by atoms with van der Waals surface area (Å²) in [5.74, 6) is -0.385. The zero-order valence-electron chi connectivity index (χ0n) is 14.0. The van der Waals surface area contributed by atoms with Crippen LogP contribution in [0.1, 0.15) is 31.1 Å². The Labute approximate surface area is 146 Å². The average molecular weight is 353 g/mol. The Bertz CT molecular complexity index is 658. The van der Waals surface area contributed by atoms with Gasteiger partial charge < -0.3 is 9.64 Å². The van der Waals surface area contributed by atoms with E-state index in [4.69, 9.17) is 16.3 Å². The van der Waals surface area contributed by atoms with E-state index in [0.29, 0.717) is 30.1 Å². The van der Waals surface area contributed by atoms with E-state index < -0.39 is 6.10 Å². The van der Waals surface area contributed by atoms with Crippen LogP contribution in [0.3, 0.4) is 0 Å². The van der Waals surface area contributed by atoms with Gasteiger partial charge in [0, 0.05) is 18.7 Å². The lowest BCUT2D eigenvalue weighted by Crippen LogP contribution is -2.49. The van der Waals surface area contributed by atoms with Crippen molar-refractivity contribution in [1.82, 2.24) is 4.90 Å². The highest BCUT2D eigenvalue weighted by Crippen LogP contribution is 2.35. The molecule has 24 heavy (non-hydrogen) atoms. The number of amides is 2. The third-order valence-corrected chi connectivity index (χ3v) is 4.26. The molecular weight excluding hydrogens is 332 g/mol. The summed E-state index contributed by atoms with van der Waals surface area (Å²) in [5.41, 5.74) is 0.810. The first-order valence-corrected chi connectivity index (χ1v) is 8.45. The SMILES string of the molecule is CCN(CC)C(=O)CN1C(=O)C(C)Oc2ccc(C(=O)CCl)cc21. The number of ether oxygens (including phenoxy) is 1. The van der Waals surface area contributed by atoms with Crippen molar-refractivity contribution in [1.29, 1.82) is 0 Å². The highest BCUT2D eigenvalue weighted by molar-refractivity contribution is 6.30. The number of halogens is 1. The van der Waals surface area contributed by atoms with Crippen molar-refractivity contribution in [3.05, 3.63) is 23.8 Å². The molecule has 6 nitrogen and oxygen atoms in total. The van der Waals surface area contributed by atoms with Crippen molar-refractivity contribution in [3.63, 3.8) is 0 Å². The van der Waals surface area contributed by atoms with Crippen LogP contribution in [0.5, 0.6) is 5.75 Å². The molecule has 0 bridgehead atoms. The maximum atomic E-state index is 12.5. The first-order valence-electron chi connectivity index (χ1n) is 7.91. The molecule has 0 aliphatic carbocycles. The predicted octanol–water partition coefficient (Wildman–Crippen LogP) is 2.09. The lowest BCUT2D eigenvalue weighted by Gasteiger charge is -2.34. The van der Waals surface area contributed by atoms with E-state index in [9.17, 15) is 14.4 Å². The van der Waals surface area contributed by atoms with E-state index in [1.165, 1.54) is 4.90 Å². The Morgan fingerprint density at radius 3 is 2.54 bits per heavy atom. The number of nitrogens with zero attached hydrogens (tertiary/aromatic N) is 2. The van der Waals surface area contributed by atoms with Gasteiger partial charge in [-0.1, -0.05) is 0 Å². The van der Waals surface area contributed by atoms with Crippen LogP contribution in [0.4, 0.5) is 5.69 Å². The second kappa shape index (κ2) is 7.66. The smallest absolute Gasteiger partial charge is 0.268 e. The van der Waals surface area contributed by atoms with E-state index in [2.05, 4.69) is 0 Å². The molecule has 0 saturated heterocycles. The third kappa shape index (κ3) is 3.53. The van der Waals surface area contributed by atoms with E-state index >= 15 is 0 Å². The summed E-state index contributed by atoms with van der Waals surface area (Å²) >= 11 is 5.60. The summed E-state index contributed by atoms with van der Waals surface area (Å²) in [5, 5.41) is 0. The van der Waals surface area contributed by atoms with Crippen LogP contribution in [0.25, 0.3) is 0 Å². The average Bonchev–Trinajstić information content (AvgIpc) is 2.59. The van der Waals surface area contributed by atoms with Crippen LogP contribution >= 0.6 is 11.6 Å². The van der Waals surface area contributed by atoms with Crippen LogP contribution in [0.15, 0.2) is 18.2 Å². The Balaban J connectivity index is 2.38. The molecule has 2 amide bonds. The zero-order valence-corrected chi connectivity index (χ0v) is 14.8. The molecule has 0 fully saturated rings. The molecule has 1 aromatic rings. The number of hydrogen-bond donors (Lipinski definition) is 0. The summed E-state index contributed by atoms with van der Waals surface area (Å²) in [4.78, 5) is 39.8. The quantitative estimate of drug-likeness (QED) is 0.581. The number of carbonyl (C=O) groups is 3. The number of ketones is 1. The fourth-order valence-electron chi connectivity index (χ4n) is 2.63. The molecule has 1 aromatic carbocycles. The van der Waals surface area contributed by atoms with E-state index in [0.717, 1.165) is 0 Å². The van der Waals surface area contributed by atoms with Gasteiger partial charge in [0.15, 0.2) is 11.9 Å². The summed E-state index contributed by atoms with van der Waals surface area (Å²) in [6, 6.07) is 4.79. The summed E-state index contributed by atoms with van der Waals surface area (Å²) in [7, 11) is 0. The number of anilines is 1. The number of fused-ring (bicyclic) bond motifs is 1. The normalized spacial score (nSPS) is 16.4. The highest BCUT2D eigenvalue weighted by atomic mass is 35.5. The summed E-state index contributed by atoms with van der Waals surface area (Å²) < 4.78 is 5.58. The van der Waals surface area contributed by atoms with E-state index in [-0.39, 0.29) is 30.0 Å². The molecule has 0 aromatic heterocycles. The molecule has 0 spiro atoms. The van der Waals surface area contributed by atoms with Gasteiger partial charge in [0.25, 0.3) is 5.91 Å². The molecule has 1 unspecified atom stereocenters. The molecule has 0 saturated carbocycles. The minimum Gasteiger partial charge on any atom is -0.479 e. The van der Waals surface area contributed by atoms with Gasteiger partial charge in [-0.05, 0) is 39.0 Å². The van der Waals surface area contributed by atoms with Gasteiger partial charge in [0.05, 0.1) is 11.6 Å². The van der Waals surface area contributed by atoms with Crippen molar-refractivity contribution >= 4 is 34.9 Å². The number of rotatable bonds is 6. The molecule has 1 aliphatic rings. The first kappa shape index (κ1) is 18.3. The summed E-state index contributed by atoms with van der Waals surface area (Å²) in [6.45, 7) is 6.46. The lowest BCUT2D eigenvalue weighted by atomic mass is 10.1. The van der Waals surface area contributed by atoms with Crippen LogP contribution in [-0.2, 0) is 9.59 Å². The molecule has 130 valence electrons. The van der Waals surface area contributed by atoms with E-state index in [1.54, 1.807) is 30.0 Å². The summed E-state index contributed by atoms with van der Waals surface area (Å²) in [6.07, 6.45) is -0.684. The molecule has 7 heteroatoms. The fraction of sp³-hybridized carbons (Fsp3) is 0.471. The van der Waals surface area contributed by atoms with Crippen LogP contribution < -0.4 is 9.64 Å². The van der Waals surface area contributed by atoms with Crippen molar-refractivity contribution < 1.29 is 19.1 Å². The predicted molar refractivity (Wildman–Crippen MR) is 91.9 cm³/mol. The Morgan fingerprint density at radius 2 is 1.96 bits per heavy atom. The van der Waals surface area contributed by atoms with Gasteiger partial charge in [-0.25, -0.2) is 0 Å². The minimum absolute atomic E-state index is 0.0836. The Hall–Kier alpha value is -2.08. The lowest BCUT2D eigenvalue weighted by molar-refractivity contribution is -0.132. The molecule has 1 aliphatic heterocycles. The largest absolute Gasteiger partial charge is 0.479 e. The minimum atomic E-state index is -0.684. The van der Waals surface area contributed by atoms with Gasteiger partial charge in [-0.2, -0.15) is 0 Å². The number of benzene rings is 1. The van der Waals surface area contributed by atoms with Gasteiger partial charge in [0.1, 0.15) is 12.3 Å². The number of Topliss-reactive ketones (excluding diaryl/α,β-unsaturated/α-hetero) is 1. The monoisotopic (exact) mass is 352 g/mol. The second-order valence-electron chi connectivity index (χ2n) is 5.49. The van der Waals surface area contributed by atoms with Crippen molar-refractivity contribution in [2.24, 2.45) is 0 Å². The fourth-order valence-corrected chi connectivity index (χ4v) is 2.79. The Kier molecular flexibility index (Phi) is 5.83. The number of hydrogen-bond acceptors (Lipinski definition) is 4. The topological polar surface area (TPSA) is 66.9 Å². The van der Waals surface area contributed by atoms with Crippen molar-refractivity contribution in [3.8, 4) is 5.75 Å². The van der Waals surface area contributed by atoms with Gasteiger partial charge in [-0.15, -0.1) is 11.6 Å². The number of carbonyl (C=O) groups excluding carboxylic acids is 3. The molecule has 1 atom stereocenters. The van der Waals surface area contributed by atoms with Crippen molar-refractivity contribution in [2.45, 2.75) is 26.9 Å². The van der Waals surface area contributed by atoms with Gasteiger partial charge in [0.2, 0.25) is 5.91 Å². The van der Waals surface area contributed by atoms with Gasteiger partial charge in [-0.3, -0.25) is 19.3 Å². The number of alkyl halides is 1. The van der Waals surface area contributed by atoms with E-state index in [1.807, 2.05) is 13.8 Å². The van der Waals surface area contributed by atoms with Crippen LogP contribution in [0, 0.1) is 0 Å². The molecule has 2 rings (SSSR count). The zero-order chi connectivity index (χ0) is 17.9. The van der Waals surface area contributed by atoms with Gasteiger partial charge >= 0.3 is 0 Å². The standard InChI is InChI=1S/C17H21ClN2O4/c1-4-19(5-2)16(22)10-20-13-8-12(14(21)9-18)6-7-15(13)24-11(3)17(20)23/h6-8,11H,4-5,9-10H2,1-3H3. The first-order chi connectivity index (χ1) is 11.4. The van der Waals surface area contributed by atoms with Crippen LogP contribution in [0.2, 0.25) is 0 Å². The number of likely N-dealkylation sites (N-methyl/N-ethyl adjacent to an activating group) is 1. The highest BCUT2D eigenvalue weighted by Gasteiger charge is 2.33. The maximum Gasteiger partial charge on any atom is 0.268 e. The molecule has 1 heterocycles. The molecule has 0 radical (unpaired) electrons. The van der Waals surface area contributed by atoms with Crippen LogP contribution in [-0.4, -0.2) is 54.1 Å². The second-order valence-corrected chi connectivity index (χ2v) is 5.76. The molecular formula is C17H21ClN2O4.